The highest BCUT2D eigenvalue weighted by atomic mass is 32.2. The first-order valence-electron chi connectivity index (χ1n) is 17.0. The molecule has 2 aromatic rings. The highest BCUT2D eigenvalue weighted by molar-refractivity contribution is 8.00. The van der Waals surface area contributed by atoms with Crippen LogP contribution in [0.15, 0.2) is 42.5 Å². The van der Waals surface area contributed by atoms with Crippen molar-refractivity contribution in [1.82, 2.24) is 31.5 Å². The molecule has 4 aliphatic rings. The van der Waals surface area contributed by atoms with E-state index in [1.807, 2.05) is 30.0 Å². The van der Waals surface area contributed by atoms with Crippen LogP contribution in [0.5, 0.6) is 11.5 Å². The van der Waals surface area contributed by atoms with E-state index in [-0.39, 0.29) is 35.7 Å². The van der Waals surface area contributed by atoms with Crippen LogP contribution in [-0.2, 0) is 9.59 Å². The average Bonchev–Trinajstić information content (AvgIpc) is 3.84. The first kappa shape index (κ1) is 34.3. The van der Waals surface area contributed by atoms with Gasteiger partial charge >= 0.3 is 6.03 Å². The van der Waals surface area contributed by atoms with Crippen molar-refractivity contribution in [1.29, 1.82) is 0 Å². The number of urea groups is 1. The molecule has 4 amide bonds. The van der Waals surface area contributed by atoms with E-state index in [9.17, 15) is 18.8 Å². The summed E-state index contributed by atoms with van der Waals surface area (Å²) in [6.07, 6.45) is 5.77. The van der Waals surface area contributed by atoms with E-state index in [0.29, 0.717) is 67.8 Å². The van der Waals surface area contributed by atoms with Crippen LogP contribution in [0.3, 0.4) is 0 Å². The van der Waals surface area contributed by atoms with E-state index in [0.717, 1.165) is 59.3 Å². The standard InChI is InChI=1S/C35H44FN7O5S/c1-47-27-19-24-21(16-25-32(24)42-43-34(25)39-23-9-6-8-22(36)18-23)17-28(27)48-15-7-14-38-31(45)12-4-5-13-37-30(44)11-3-2-10-29-33-26(20-49-29)40-35(46)41-33/h6,8-9,16-19,26,29,33,39,42-43H,2-5,7,10-15,20H2,1H3,(H,37,44)(H,38,45)(H2,40,41,46). The van der Waals surface area contributed by atoms with Gasteiger partial charge in [0.2, 0.25) is 11.8 Å². The van der Waals surface area contributed by atoms with Gasteiger partial charge in [-0.25, -0.2) is 9.18 Å². The Bertz CT molecular complexity index is 1730. The van der Waals surface area contributed by atoms with E-state index < -0.39 is 0 Å². The first-order valence-corrected chi connectivity index (χ1v) is 18.0. The van der Waals surface area contributed by atoms with Gasteiger partial charge in [-0.05, 0) is 73.9 Å². The summed E-state index contributed by atoms with van der Waals surface area (Å²) in [7, 11) is 1.60. The third-order valence-electron chi connectivity index (χ3n) is 8.98. The topological polar surface area (TPSA) is 161 Å². The fourth-order valence-electron chi connectivity index (χ4n) is 6.46. The number of aromatic nitrogens is 2. The molecule has 2 fully saturated rings. The van der Waals surface area contributed by atoms with Crippen LogP contribution in [-0.4, -0.2) is 77.9 Å². The van der Waals surface area contributed by atoms with Crippen molar-refractivity contribution in [3.05, 3.63) is 48.3 Å². The third kappa shape index (κ3) is 8.72. The molecule has 1 aliphatic carbocycles. The highest BCUT2D eigenvalue weighted by Gasteiger charge is 2.42. The van der Waals surface area contributed by atoms with Gasteiger partial charge in [-0.2, -0.15) is 11.8 Å². The molecule has 3 atom stereocenters. The maximum absolute atomic E-state index is 13.7. The zero-order valence-corrected chi connectivity index (χ0v) is 28.4. The number of benzene rings is 2. The zero-order chi connectivity index (χ0) is 34.2. The molecule has 3 aliphatic heterocycles. The summed E-state index contributed by atoms with van der Waals surface area (Å²) in [6.45, 7) is 1.46. The molecule has 262 valence electrons. The van der Waals surface area contributed by atoms with E-state index in [2.05, 4.69) is 36.8 Å². The minimum atomic E-state index is -0.315. The Morgan fingerprint density at radius 3 is 2.53 bits per heavy atom. The Morgan fingerprint density at radius 2 is 1.73 bits per heavy atom. The van der Waals surface area contributed by atoms with E-state index in [1.54, 1.807) is 19.2 Å². The van der Waals surface area contributed by atoms with Crippen LogP contribution < -0.4 is 36.1 Å². The molecule has 0 radical (unpaired) electrons. The number of thioether (sulfide) groups is 1. The van der Waals surface area contributed by atoms with E-state index in [1.165, 1.54) is 12.1 Å². The summed E-state index contributed by atoms with van der Waals surface area (Å²) < 4.78 is 25.3. The summed E-state index contributed by atoms with van der Waals surface area (Å²) in [4.78, 5) is 36.0. The number of rotatable bonds is 18. The van der Waals surface area contributed by atoms with Gasteiger partial charge in [-0.3, -0.25) is 19.8 Å². The second kappa shape index (κ2) is 16.2. The number of hydrogen-bond acceptors (Lipinski definition) is 7. The highest BCUT2D eigenvalue weighted by Crippen LogP contribution is 2.43. The molecule has 0 aromatic heterocycles. The number of anilines is 2. The Kier molecular flexibility index (Phi) is 11.3. The van der Waals surface area contributed by atoms with Crippen LogP contribution in [0.1, 0.15) is 51.4 Å². The Morgan fingerprint density at radius 1 is 0.939 bits per heavy atom. The molecule has 3 heterocycles. The molecule has 12 nitrogen and oxygen atoms in total. The normalized spacial score (nSPS) is 18.2. The van der Waals surface area contributed by atoms with Crippen LogP contribution >= 0.6 is 11.8 Å². The van der Waals surface area contributed by atoms with Crippen molar-refractivity contribution in [3.8, 4) is 22.8 Å². The number of nitrogens with one attached hydrogen (secondary N) is 7. The molecule has 0 bridgehead atoms. The minimum Gasteiger partial charge on any atom is -0.493 e. The van der Waals surface area contributed by atoms with Gasteiger partial charge in [0, 0.05) is 53.6 Å². The molecular weight excluding hydrogens is 649 g/mol. The molecule has 3 unspecified atom stereocenters. The van der Waals surface area contributed by atoms with Crippen molar-refractivity contribution < 1.29 is 28.2 Å². The Hall–Kier alpha value is -4.59. The lowest BCUT2D eigenvalue weighted by atomic mass is 10.0. The summed E-state index contributed by atoms with van der Waals surface area (Å²) in [6, 6.07) is 12.5. The van der Waals surface area contributed by atoms with Crippen LogP contribution in [0.25, 0.3) is 22.0 Å². The molecular formula is C35H44FN7O5S. The molecule has 2 aromatic carbocycles. The number of unbranched alkanes of at least 4 members (excludes halogenated alkanes) is 2. The zero-order valence-electron chi connectivity index (χ0n) is 27.6. The van der Waals surface area contributed by atoms with Gasteiger partial charge in [0.25, 0.3) is 0 Å². The number of hydrogen-bond donors (Lipinski definition) is 7. The Balaban J connectivity index is 0.837. The van der Waals surface area contributed by atoms with Crippen molar-refractivity contribution in [3.63, 3.8) is 0 Å². The molecule has 49 heavy (non-hydrogen) atoms. The van der Waals surface area contributed by atoms with Gasteiger partial charge < -0.3 is 36.1 Å². The maximum atomic E-state index is 13.7. The number of amides is 4. The summed E-state index contributed by atoms with van der Waals surface area (Å²) >= 11 is 1.89. The van der Waals surface area contributed by atoms with E-state index in [4.69, 9.17) is 9.47 Å². The van der Waals surface area contributed by atoms with Crippen LogP contribution in [0, 0.1) is 5.82 Å². The van der Waals surface area contributed by atoms with Gasteiger partial charge in [-0.1, -0.05) is 12.5 Å². The number of ether oxygens (including phenoxy) is 2. The molecule has 7 N–H and O–H groups in total. The fraction of sp³-hybridized carbons (Fsp3) is 0.457. The van der Waals surface area contributed by atoms with Crippen LogP contribution in [0.4, 0.5) is 20.7 Å². The molecule has 0 spiro atoms. The van der Waals surface area contributed by atoms with Gasteiger partial charge in [0.05, 0.1) is 31.5 Å². The fourth-order valence-corrected chi connectivity index (χ4v) is 8.00. The van der Waals surface area contributed by atoms with Gasteiger partial charge in [0.1, 0.15) is 11.6 Å². The summed E-state index contributed by atoms with van der Waals surface area (Å²) in [5.41, 5.74) is 2.45. The second-order valence-corrected chi connectivity index (χ2v) is 13.8. The van der Waals surface area contributed by atoms with Crippen molar-refractivity contribution >= 4 is 51.9 Å². The van der Waals surface area contributed by atoms with Crippen molar-refractivity contribution in [2.24, 2.45) is 0 Å². The number of H-pyrrole nitrogens is 2. The number of halogens is 1. The predicted octanol–water partition coefficient (Wildman–Crippen LogP) is 5.39. The first-order chi connectivity index (χ1) is 23.9. The Labute approximate surface area is 288 Å². The minimum absolute atomic E-state index is 0.0164. The average molecular weight is 694 g/mol. The maximum Gasteiger partial charge on any atom is 0.315 e. The SMILES string of the molecule is COc1cc2c3[nH][nH]c(Nc4cccc(F)c4)c-3cc2cc1OCCCNC(=O)CCCCNC(=O)CCCCC1SCC2NC(=O)NC21. The number of fused-ring (bicyclic) bond motifs is 4. The number of carbonyl (C=O) groups excluding carboxylic acids is 3. The molecule has 6 rings (SSSR count). The summed E-state index contributed by atoms with van der Waals surface area (Å²) in [5.74, 6) is 2.60. The van der Waals surface area contributed by atoms with Crippen molar-refractivity contribution in [2.75, 3.05) is 37.9 Å². The van der Waals surface area contributed by atoms with Gasteiger partial charge in [-0.15, -0.1) is 0 Å². The second-order valence-electron chi connectivity index (χ2n) is 12.5. The summed E-state index contributed by atoms with van der Waals surface area (Å²) in [5, 5.41) is 23.7. The quantitative estimate of drug-likeness (QED) is 0.0543. The number of carbonyl (C=O) groups is 3. The predicted molar refractivity (Wildman–Crippen MR) is 189 cm³/mol. The molecule has 0 saturated carbocycles. The van der Waals surface area contributed by atoms with Crippen LogP contribution in [0.2, 0.25) is 0 Å². The largest absolute Gasteiger partial charge is 0.493 e. The lowest BCUT2D eigenvalue weighted by Crippen LogP contribution is -2.36. The number of methoxy groups -OCH3 is 1. The van der Waals surface area contributed by atoms with E-state index >= 15 is 0 Å². The smallest absolute Gasteiger partial charge is 0.315 e. The molecule has 2 saturated heterocycles. The lowest BCUT2D eigenvalue weighted by Gasteiger charge is -2.16. The lowest BCUT2D eigenvalue weighted by molar-refractivity contribution is -0.121. The monoisotopic (exact) mass is 693 g/mol. The van der Waals surface area contributed by atoms with Crippen molar-refractivity contribution in [2.45, 2.75) is 68.7 Å². The third-order valence-corrected chi connectivity index (χ3v) is 10.5. The molecule has 14 heteroatoms. The number of aromatic amines is 2. The van der Waals surface area contributed by atoms with Gasteiger partial charge in [0.15, 0.2) is 11.5 Å².